The van der Waals surface area contributed by atoms with Gasteiger partial charge in [-0.25, -0.2) is 0 Å². The molecule has 144 valence electrons. The summed E-state index contributed by atoms with van der Waals surface area (Å²) in [6, 6.07) is 0. The van der Waals surface area contributed by atoms with E-state index < -0.39 is 13.8 Å². The predicted molar refractivity (Wildman–Crippen MR) is 131 cm³/mol. The molecule has 0 aromatic rings. The van der Waals surface area contributed by atoms with Gasteiger partial charge in [0.25, 0.3) is 0 Å². The van der Waals surface area contributed by atoms with Gasteiger partial charge in [-0.2, -0.15) is 0 Å². The van der Waals surface area contributed by atoms with Crippen molar-refractivity contribution in [3.05, 3.63) is 0 Å². The van der Waals surface area contributed by atoms with Gasteiger partial charge in [0.15, 0.2) is 0 Å². The molecule has 0 bridgehead atoms. The van der Waals surface area contributed by atoms with Crippen molar-refractivity contribution in [1.82, 2.24) is 0 Å². The topological polar surface area (TPSA) is 0 Å². The van der Waals surface area contributed by atoms with Crippen molar-refractivity contribution in [1.29, 1.82) is 0 Å². The molecule has 0 N–H and O–H groups in total. The minimum absolute atomic E-state index is 0.321. The van der Waals surface area contributed by atoms with Gasteiger partial charge in [-0.15, -0.1) is 20.7 Å². The molecule has 0 unspecified atom stereocenters. The Morgan fingerprint density at radius 2 is 0.667 bits per heavy atom. The summed E-state index contributed by atoms with van der Waals surface area (Å²) >= 11 is 0. The second-order valence-corrected chi connectivity index (χ2v) is 23.2. The average molecular weight is 391 g/mol. The van der Waals surface area contributed by atoms with Gasteiger partial charge in [0.2, 0.25) is 0 Å². The third kappa shape index (κ3) is 6.57. The van der Waals surface area contributed by atoms with E-state index in [1.807, 2.05) is 0 Å². The first-order valence-corrected chi connectivity index (χ1v) is 17.7. The smallest absolute Gasteiger partial charge is 0.0291 e. The first kappa shape index (κ1) is 22.9. The Balaban J connectivity index is 0.000000181. The molecular weight excluding hydrogens is 345 g/mol. The molecular formula is C21H45P3. The first-order valence-electron chi connectivity index (χ1n) is 9.91. The summed E-state index contributed by atoms with van der Waals surface area (Å²) in [4.78, 5) is 0. The van der Waals surface area contributed by atoms with Gasteiger partial charge in [-0.1, -0.05) is 15.9 Å². The van der Waals surface area contributed by atoms with Crippen molar-refractivity contribution >= 4 is 36.5 Å². The van der Waals surface area contributed by atoms with Gasteiger partial charge in [-0.05, 0) is 118 Å². The van der Waals surface area contributed by atoms with E-state index in [1.165, 1.54) is 56.2 Å². The molecule has 3 heterocycles. The summed E-state index contributed by atoms with van der Waals surface area (Å²) in [5, 5.41) is 5.18. The lowest BCUT2D eigenvalue weighted by atomic mass is 10.4. The molecule has 0 atom stereocenters. The molecule has 0 aromatic carbocycles. The Bertz CT molecular complexity index is 567. The van der Waals surface area contributed by atoms with E-state index in [4.69, 9.17) is 0 Å². The van der Waals surface area contributed by atoms with Crippen LogP contribution in [0.25, 0.3) is 0 Å². The van der Waals surface area contributed by atoms with E-state index in [0.29, 0.717) is 0 Å². The first-order chi connectivity index (χ1) is 11.0. The van der Waals surface area contributed by atoms with E-state index in [-0.39, 0.29) is 6.89 Å². The van der Waals surface area contributed by atoms with E-state index in [2.05, 4.69) is 61.5 Å². The highest BCUT2D eigenvalue weighted by Crippen LogP contribution is 2.59. The largest absolute Gasteiger partial charge is 0.109 e. The highest BCUT2D eigenvalue weighted by Gasteiger charge is 2.25. The summed E-state index contributed by atoms with van der Waals surface area (Å²) in [5.41, 5.74) is 0. The number of rotatable bonds is 0. The Morgan fingerprint density at radius 1 is 0.417 bits per heavy atom. The van der Waals surface area contributed by atoms with Crippen molar-refractivity contribution in [2.45, 2.75) is 60.8 Å². The molecule has 0 amide bonds. The van der Waals surface area contributed by atoms with Crippen molar-refractivity contribution in [3.63, 3.8) is 0 Å². The van der Waals surface area contributed by atoms with Crippen LogP contribution in [0.5, 0.6) is 0 Å². The summed E-state index contributed by atoms with van der Waals surface area (Å²) in [6.45, 7) is 20.0. The van der Waals surface area contributed by atoms with Crippen molar-refractivity contribution in [3.8, 4) is 0 Å². The summed E-state index contributed by atoms with van der Waals surface area (Å²) in [7, 11) is 0. The second-order valence-electron chi connectivity index (χ2n) is 9.43. The molecule has 3 rings (SSSR count). The lowest BCUT2D eigenvalue weighted by molar-refractivity contribution is 0.949. The Hall–Kier alpha value is 0.900. The van der Waals surface area contributed by atoms with Crippen LogP contribution in [0.15, 0.2) is 0 Å². The van der Waals surface area contributed by atoms with Crippen molar-refractivity contribution < 1.29 is 0 Å². The van der Waals surface area contributed by atoms with E-state index >= 15 is 0 Å². The highest BCUT2D eigenvalue weighted by molar-refractivity contribution is 7.82. The molecule has 0 aromatic heterocycles. The summed E-state index contributed by atoms with van der Waals surface area (Å²) in [6.07, 6.45) is 13.7. The zero-order valence-electron chi connectivity index (χ0n) is 18.2. The summed E-state index contributed by atoms with van der Waals surface area (Å²) < 4.78 is 0. The van der Waals surface area contributed by atoms with Crippen molar-refractivity contribution in [2.75, 3.05) is 57.0 Å². The predicted octanol–water partition coefficient (Wildman–Crippen LogP) is 6.75. The molecule has 0 spiro atoms. The molecule has 3 aliphatic rings. The lowest BCUT2D eigenvalue weighted by Crippen LogP contribution is -2.12. The van der Waals surface area contributed by atoms with E-state index in [0.717, 1.165) is 0 Å². The van der Waals surface area contributed by atoms with Crippen molar-refractivity contribution in [2.24, 2.45) is 0 Å². The molecule has 0 saturated carbocycles. The Labute approximate surface area is 154 Å². The fourth-order valence-corrected chi connectivity index (χ4v) is 10.4. The zero-order chi connectivity index (χ0) is 18.6. The molecule has 3 heteroatoms. The standard InChI is InChI=1S/C8H17P.C7H15P.C6H13P/c1-8(2)9(3)6-4-5-7-9;1-7(2)8(3)5-4-6-8;1-6(2)7(3)4-5-7/h4-7H2,1-3H3;4-6H2,1-3H3;4-5H2,1-3H3. The van der Waals surface area contributed by atoms with Gasteiger partial charge in [0.1, 0.15) is 0 Å². The minimum Gasteiger partial charge on any atom is -0.109 e. The molecule has 0 radical (unpaired) electrons. The molecule has 3 fully saturated rings. The fraction of sp³-hybridized carbons (Fsp3) is 0.857. The van der Waals surface area contributed by atoms with Crippen LogP contribution in [-0.4, -0.2) is 72.8 Å². The fourth-order valence-electron chi connectivity index (χ4n) is 3.16. The van der Waals surface area contributed by atoms with Crippen LogP contribution in [0.2, 0.25) is 0 Å². The van der Waals surface area contributed by atoms with E-state index in [1.54, 1.807) is 15.9 Å². The average Bonchev–Trinajstić information content (AvgIpc) is 3.06. The molecule has 0 nitrogen and oxygen atoms in total. The SMILES string of the molecule is CC(C)=P1(C)CC1.CC(C)=P1(C)CCC1.CC(C)=P1(C)CCCC1. The quantitative estimate of drug-likeness (QED) is 0.401. The Kier molecular flexibility index (Phi) is 8.80. The molecule has 0 aliphatic carbocycles. The molecule has 3 aliphatic heterocycles. The monoisotopic (exact) mass is 390 g/mol. The number of hydrogen-bond acceptors (Lipinski definition) is 0. The van der Waals surface area contributed by atoms with Crippen LogP contribution in [0.1, 0.15) is 60.8 Å². The van der Waals surface area contributed by atoms with Gasteiger partial charge in [-0.3, -0.25) is 0 Å². The number of hydrogen-bond donors (Lipinski definition) is 0. The van der Waals surface area contributed by atoms with Crippen LogP contribution in [0.3, 0.4) is 0 Å². The van der Waals surface area contributed by atoms with Gasteiger partial charge in [0, 0.05) is 0 Å². The van der Waals surface area contributed by atoms with E-state index in [9.17, 15) is 0 Å². The zero-order valence-corrected chi connectivity index (χ0v) is 20.9. The Morgan fingerprint density at radius 3 is 0.750 bits per heavy atom. The second kappa shape index (κ2) is 9.20. The highest BCUT2D eigenvalue weighted by atomic mass is 31.2. The van der Waals surface area contributed by atoms with Gasteiger partial charge >= 0.3 is 0 Å². The maximum absolute atomic E-state index is 2.51. The van der Waals surface area contributed by atoms with Crippen LogP contribution >= 0.6 is 20.7 Å². The van der Waals surface area contributed by atoms with Gasteiger partial charge < -0.3 is 0 Å². The summed E-state index contributed by atoms with van der Waals surface area (Å²) in [5.74, 6) is 0. The molecule has 24 heavy (non-hydrogen) atoms. The van der Waals surface area contributed by atoms with Gasteiger partial charge in [0.05, 0.1) is 0 Å². The lowest BCUT2D eigenvalue weighted by Gasteiger charge is -2.32. The van der Waals surface area contributed by atoms with Crippen LogP contribution in [0, 0.1) is 0 Å². The molecule has 3 saturated heterocycles. The normalized spacial score (nSPS) is 24.4. The maximum Gasteiger partial charge on any atom is -0.0291 e. The van der Waals surface area contributed by atoms with Crippen LogP contribution in [0.4, 0.5) is 0 Å². The van der Waals surface area contributed by atoms with Crippen LogP contribution < -0.4 is 0 Å². The maximum atomic E-state index is 2.51. The minimum atomic E-state index is -0.475. The van der Waals surface area contributed by atoms with Crippen LogP contribution in [-0.2, 0) is 0 Å². The third-order valence-corrected chi connectivity index (χ3v) is 20.5. The third-order valence-electron chi connectivity index (χ3n) is 6.99.